The molecule has 0 radical (unpaired) electrons. The largest absolute Gasteiger partial charge is 0.480 e. The number of hydrogen-bond acceptors (Lipinski definition) is 2. The maximum absolute atomic E-state index is 12.8. The van der Waals surface area contributed by atoms with Crippen molar-refractivity contribution in [3.05, 3.63) is 35.1 Å². The standard InChI is InChI=1S/C10H8F3NO3/c1-4(10(16)17)14-9(15)5-2-6(11)8(13)7(12)3-5/h2-4H,1H3,(H,14,15)(H,16,17). The minimum absolute atomic E-state index is 0.488. The van der Waals surface area contributed by atoms with Gasteiger partial charge in [0.05, 0.1) is 0 Å². The number of nitrogens with one attached hydrogen (secondary N) is 1. The highest BCUT2D eigenvalue weighted by atomic mass is 19.2. The van der Waals surface area contributed by atoms with Crippen LogP contribution in [0.1, 0.15) is 17.3 Å². The molecule has 0 saturated heterocycles. The van der Waals surface area contributed by atoms with E-state index in [-0.39, 0.29) is 0 Å². The Hall–Kier alpha value is -2.05. The van der Waals surface area contributed by atoms with E-state index >= 15 is 0 Å². The first-order valence-electron chi connectivity index (χ1n) is 4.51. The monoisotopic (exact) mass is 247 g/mol. The van der Waals surface area contributed by atoms with E-state index in [0.29, 0.717) is 12.1 Å². The molecule has 0 fully saturated rings. The number of carboxylic acid groups (broad SMARTS) is 1. The Bertz CT molecular complexity index is 453. The van der Waals surface area contributed by atoms with Gasteiger partial charge in [-0.1, -0.05) is 0 Å². The Balaban J connectivity index is 2.94. The van der Waals surface area contributed by atoms with Crippen LogP contribution < -0.4 is 5.32 Å². The summed E-state index contributed by atoms with van der Waals surface area (Å²) in [5.74, 6) is -7.02. The first-order chi connectivity index (χ1) is 7.82. The molecule has 0 aliphatic heterocycles. The van der Waals surface area contributed by atoms with E-state index < -0.39 is 40.9 Å². The minimum Gasteiger partial charge on any atom is -0.480 e. The van der Waals surface area contributed by atoms with Crippen molar-refractivity contribution in [3.8, 4) is 0 Å². The van der Waals surface area contributed by atoms with Crippen molar-refractivity contribution >= 4 is 11.9 Å². The predicted molar refractivity (Wildman–Crippen MR) is 50.9 cm³/mol. The molecule has 1 unspecified atom stereocenters. The van der Waals surface area contributed by atoms with Gasteiger partial charge in [-0.25, -0.2) is 13.2 Å². The number of benzene rings is 1. The van der Waals surface area contributed by atoms with Gasteiger partial charge in [0.15, 0.2) is 17.5 Å². The highest BCUT2D eigenvalue weighted by molar-refractivity contribution is 5.96. The first-order valence-corrected chi connectivity index (χ1v) is 4.51. The zero-order valence-corrected chi connectivity index (χ0v) is 8.63. The Morgan fingerprint density at radius 3 is 2.12 bits per heavy atom. The van der Waals surface area contributed by atoms with Crippen molar-refractivity contribution in [1.29, 1.82) is 0 Å². The van der Waals surface area contributed by atoms with Crippen molar-refractivity contribution < 1.29 is 27.9 Å². The molecule has 0 aromatic heterocycles. The smallest absolute Gasteiger partial charge is 0.325 e. The highest BCUT2D eigenvalue weighted by Gasteiger charge is 2.18. The number of carboxylic acids is 1. The third-order valence-corrected chi connectivity index (χ3v) is 1.96. The molecule has 7 heteroatoms. The number of hydrogen-bond donors (Lipinski definition) is 2. The van der Waals surface area contributed by atoms with E-state index in [1.165, 1.54) is 6.92 Å². The molecule has 1 rings (SSSR count). The van der Waals surface area contributed by atoms with Gasteiger partial charge in [0.2, 0.25) is 0 Å². The molecule has 4 nitrogen and oxygen atoms in total. The lowest BCUT2D eigenvalue weighted by Gasteiger charge is -2.09. The molecule has 1 aromatic carbocycles. The lowest BCUT2D eigenvalue weighted by molar-refractivity contribution is -0.138. The summed E-state index contributed by atoms with van der Waals surface area (Å²) in [4.78, 5) is 21.8. The lowest BCUT2D eigenvalue weighted by atomic mass is 10.2. The highest BCUT2D eigenvalue weighted by Crippen LogP contribution is 2.13. The number of rotatable bonds is 3. The van der Waals surface area contributed by atoms with Gasteiger partial charge in [-0.15, -0.1) is 0 Å². The second-order valence-electron chi connectivity index (χ2n) is 3.29. The predicted octanol–water partition coefficient (Wildman–Crippen LogP) is 1.31. The van der Waals surface area contributed by atoms with Crippen molar-refractivity contribution in [1.82, 2.24) is 5.32 Å². The van der Waals surface area contributed by atoms with Crippen LogP contribution in [0, 0.1) is 17.5 Å². The fourth-order valence-electron chi connectivity index (χ4n) is 1.03. The van der Waals surface area contributed by atoms with Crippen LogP contribution in [0.2, 0.25) is 0 Å². The lowest BCUT2D eigenvalue weighted by Crippen LogP contribution is -2.38. The molecule has 0 bridgehead atoms. The summed E-state index contributed by atoms with van der Waals surface area (Å²) in [5.41, 5.74) is -0.491. The van der Waals surface area contributed by atoms with Crippen molar-refractivity contribution in [2.24, 2.45) is 0 Å². The van der Waals surface area contributed by atoms with Crippen LogP contribution in [0.25, 0.3) is 0 Å². The summed E-state index contributed by atoms with van der Waals surface area (Å²) in [6, 6.07) is -0.247. The first kappa shape index (κ1) is 13.0. The zero-order valence-electron chi connectivity index (χ0n) is 8.63. The second kappa shape index (κ2) is 4.86. The van der Waals surface area contributed by atoms with Gasteiger partial charge in [-0.3, -0.25) is 9.59 Å². The van der Waals surface area contributed by atoms with Crippen LogP contribution >= 0.6 is 0 Å². The molecule has 0 spiro atoms. The Morgan fingerprint density at radius 2 is 1.71 bits per heavy atom. The maximum atomic E-state index is 12.8. The molecule has 0 aliphatic carbocycles. The van der Waals surface area contributed by atoms with E-state index in [0.717, 1.165) is 0 Å². The molecule has 2 N–H and O–H groups in total. The van der Waals surface area contributed by atoms with Crippen LogP contribution in [0.3, 0.4) is 0 Å². The van der Waals surface area contributed by atoms with Crippen LogP contribution in [-0.4, -0.2) is 23.0 Å². The topological polar surface area (TPSA) is 66.4 Å². The van der Waals surface area contributed by atoms with Gasteiger partial charge >= 0.3 is 5.97 Å². The minimum atomic E-state index is -1.69. The molecule has 1 atom stereocenters. The molecule has 1 aromatic rings. The van der Waals surface area contributed by atoms with E-state index in [9.17, 15) is 22.8 Å². The molecule has 1 amide bonds. The summed E-state index contributed by atoms with van der Waals surface area (Å²) < 4.78 is 38.2. The van der Waals surface area contributed by atoms with Crippen molar-refractivity contribution in [3.63, 3.8) is 0 Å². The van der Waals surface area contributed by atoms with Crippen LogP contribution in [-0.2, 0) is 4.79 Å². The van der Waals surface area contributed by atoms with E-state index in [1.807, 2.05) is 5.32 Å². The van der Waals surface area contributed by atoms with Gasteiger partial charge in [0.25, 0.3) is 5.91 Å². The number of amides is 1. The summed E-state index contributed by atoms with van der Waals surface area (Å²) in [5, 5.41) is 10.5. The third kappa shape index (κ3) is 2.96. The molecule has 0 heterocycles. The average molecular weight is 247 g/mol. The Kier molecular flexibility index (Phi) is 3.72. The number of halogens is 3. The molecule has 0 saturated carbocycles. The number of carbonyl (C=O) groups is 2. The summed E-state index contributed by atoms with van der Waals surface area (Å²) in [6.45, 7) is 1.18. The summed E-state index contributed by atoms with van der Waals surface area (Å²) in [6.07, 6.45) is 0. The number of carbonyl (C=O) groups excluding carboxylic acids is 1. The fourth-order valence-corrected chi connectivity index (χ4v) is 1.03. The van der Waals surface area contributed by atoms with Crippen molar-refractivity contribution in [2.75, 3.05) is 0 Å². The molecule has 92 valence electrons. The second-order valence-corrected chi connectivity index (χ2v) is 3.29. The Morgan fingerprint density at radius 1 is 1.24 bits per heavy atom. The van der Waals surface area contributed by atoms with E-state index in [4.69, 9.17) is 5.11 Å². The Labute approximate surface area is 94.1 Å². The third-order valence-electron chi connectivity index (χ3n) is 1.96. The van der Waals surface area contributed by atoms with Gasteiger partial charge < -0.3 is 10.4 Å². The van der Waals surface area contributed by atoms with Gasteiger partial charge in [-0.2, -0.15) is 0 Å². The van der Waals surface area contributed by atoms with Crippen LogP contribution in [0.15, 0.2) is 12.1 Å². The van der Waals surface area contributed by atoms with E-state index in [2.05, 4.69) is 0 Å². The zero-order chi connectivity index (χ0) is 13.2. The molecular weight excluding hydrogens is 239 g/mol. The van der Waals surface area contributed by atoms with Gasteiger partial charge in [-0.05, 0) is 19.1 Å². The fraction of sp³-hybridized carbons (Fsp3) is 0.200. The average Bonchev–Trinajstić information content (AvgIpc) is 2.24. The van der Waals surface area contributed by atoms with E-state index in [1.54, 1.807) is 0 Å². The summed E-state index contributed by atoms with van der Waals surface area (Å²) >= 11 is 0. The number of aliphatic carboxylic acids is 1. The SMILES string of the molecule is CC(NC(=O)c1cc(F)c(F)c(F)c1)C(=O)O. The van der Waals surface area contributed by atoms with Crippen LogP contribution in [0.4, 0.5) is 13.2 Å². The summed E-state index contributed by atoms with van der Waals surface area (Å²) in [7, 11) is 0. The van der Waals surface area contributed by atoms with Crippen LogP contribution in [0.5, 0.6) is 0 Å². The molecule has 17 heavy (non-hydrogen) atoms. The quantitative estimate of drug-likeness (QED) is 0.791. The molecule has 0 aliphatic rings. The van der Waals surface area contributed by atoms with Gasteiger partial charge in [0, 0.05) is 5.56 Å². The van der Waals surface area contributed by atoms with Gasteiger partial charge in [0.1, 0.15) is 6.04 Å². The molecular formula is C10H8F3NO3. The maximum Gasteiger partial charge on any atom is 0.325 e. The van der Waals surface area contributed by atoms with Crippen molar-refractivity contribution in [2.45, 2.75) is 13.0 Å². The normalized spacial score (nSPS) is 12.0.